The summed E-state index contributed by atoms with van der Waals surface area (Å²) in [6.45, 7) is 7.97. The summed E-state index contributed by atoms with van der Waals surface area (Å²) in [7, 11) is 0. The van der Waals surface area contributed by atoms with Crippen LogP contribution in [0.2, 0.25) is 0 Å². The summed E-state index contributed by atoms with van der Waals surface area (Å²) in [4.78, 5) is 16.1. The molecule has 0 aliphatic heterocycles. The van der Waals surface area contributed by atoms with Crippen molar-refractivity contribution in [1.29, 1.82) is 0 Å². The van der Waals surface area contributed by atoms with E-state index in [1.165, 1.54) is 11.1 Å². The highest BCUT2D eigenvalue weighted by Crippen LogP contribution is 2.22. The fourth-order valence-electron chi connectivity index (χ4n) is 3.02. The van der Waals surface area contributed by atoms with Gasteiger partial charge in [0.15, 0.2) is 0 Å². The van der Waals surface area contributed by atoms with Crippen molar-refractivity contribution in [3.8, 4) is 0 Å². The SMILES string of the molecule is CC(C)(C)c1ccc(CNc2ccc(CC(=O)NCc3ccncc3)cc2)cc1. The Kier molecular flexibility index (Phi) is 6.65. The standard InChI is InChI=1S/C25H29N3O/c1-25(2,3)22-8-4-20(5-9-22)17-27-23-10-6-19(7-11-23)16-24(29)28-18-21-12-14-26-15-13-21/h4-15,27H,16-18H2,1-3H3,(H,28,29). The van der Waals surface area contributed by atoms with Gasteiger partial charge in [-0.25, -0.2) is 0 Å². The van der Waals surface area contributed by atoms with E-state index >= 15 is 0 Å². The lowest BCUT2D eigenvalue weighted by Crippen LogP contribution is -2.24. The summed E-state index contributed by atoms with van der Waals surface area (Å²) in [6, 6.07) is 20.6. The highest BCUT2D eigenvalue weighted by molar-refractivity contribution is 5.78. The number of nitrogens with one attached hydrogen (secondary N) is 2. The number of rotatable bonds is 7. The van der Waals surface area contributed by atoms with Gasteiger partial charge in [0.1, 0.15) is 0 Å². The van der Waals surface area contributed by atoms with E-state index < -0.39 is 0 Å². The smallest absolute Gasteiger partial charge is 0.224 e. The molecular formula is C25H29N3O. The van der Waals surface area contributed by atoms with Crippen molar-refractivity contribution in [3.63, 3.8) is 0 Å². The minimum Gasteiger partial charge on any atom is -0.381 e. The zero-order valence-corrected chi connectivity index (χ0v) is 17.4. The molecule has 2 aromatic carbocycles. The third-order valence-electron chi connectivity index (χ3n) is 4.87. The van der Waals surface area contributed by atoms with Gasteiger partial charge >= 0.3 is 0 Å². The summed E-state index contributed by atoms with van der Waals surface area (Å²) in [5, 5.41) is 6.38. The number of hydrogen-bond donors (Lipinski definition) is 2. The molecule has 3 rings (SSSR count). The van der Waals surface area contributed by atoms with Crippen LogP contribution < -0.4 is 10.6 Å². The first-order valence-corrected chi connectivity index (χ1v) is 9.98. The third-order valence-corrected chi connectivity index (χ3v) is 4.87. The number of carbonyl (C=O) groups excluding carboxylic acids is 1. The molecule has 3 aromatic rings. The zero-order valence-electron chi connectivity index (χ0n) is 17.4. The van der Waals surface area contributed by atoms with E-state index in [0.717, 1.165) is 23.4 Å². The maximum absolute atomic E-state index is 12.1. The number of amides is 1. The van der Waals surface area contributed by atoms with Gasteiger partial charge in [0.05, 0.1) is 6.42 Å². The van der Waals surface area contributed by atoms with Crippen LogP contribution in [-0.4, -0.2) is 10.9 Å². The van der Waals surface area contributed by atoms with Crippen molar-refractivity contribution in [1.82, 2.24) is 10.3 Å². The maximum Gasteiger partial charge on any atom is 0.224 e. The van der Waals surface area contributed by atoms with E-state index in [-0.39, 0.29) is 11.3 Å². The molecule has 2 N–H and O–H groups in total. The van der Waals surface area contributed by atoms with E-state index in [9.17, 15) is 4.79 Å². The van der Waals surface area contributed by atoms with Gasteiger partial charge < -0.3 is 10.6 Å². The van der Waals surface area contributed by atoms with Crippen LogP contribution in [0.25, 0.3) is 0 Å². The van der Waals surface area contributed by atoms with Crippen LogP contribution in [0.3, 0.4) is 0 Å². The summed E-state index contributed by atoms with van der Waals surface area (Å²) in [5.74, 6) is 0.0152. The summed E-state index contributed by atoms with van der Waals surface area (Å²) in [6.07, 6.45) is 3.83. The van der Waals surface area contributed by atoms with Crippen LogP contribution in [0.15, 0.2) is 73.1 Å². The fourth-order valence-corrected chi connectivity index (χ4v) is 3.02. The molecule has 4 heteroatoms. The van der Waals surface area contributed by atoms with Gasteiger partial charge in [-0.15, -0.1) is 0 Å². The lowest BCUT2D eigenvalue weighted by molar-refractivity contribution is -0.120. The van der Waals surface area contributed by atoms with E-state index in [2.05, 4.69) is 60.7 Å². The van der Waals surface area contributed by atoms with Crippen LogP contribution in [-0.2, 0) is 29.7 Å². The number of benzene rings is 2. The van der Waals surface area contributed by atoms with Gasteiger partial charge in [-0.2, -0.15) is 0 Å². The molecule has 29 heavy (non-hydrogen) atoms. The third kappa shape index (κ3) is 6.46. The molecule has 0 fully saturated rings. The molecule has 4 nitrogen and oxygen atoms in total. The Balaban J connectivity index is 1.46. The van der Waals surface area contributed by atoms with Gasteiger partial charge in [0.25, 0.3) is 0 Å². The normalized spacial score (nSPS) is 11.1. The minimum atomic E-state index is 0.0152. The molecule has 0 bridgehead atoms. The predicted molar refractivity (Wildman–Crippen MR) is 119 cm³/mol. The van der Waals surface area contributed by atoms with Gasteiger partial charge in [-0.3, -0.25) is 9.78 Å². The molecule has 1 aromatic heterocycles. The van der Waals surface area contributed by atoms with Gasteiger partial charge in [0.2, 0.25) is 5.91 Å². The molecule has 0 spiro atoms. The number of aromatic nitrogens is 1. The fraction of sp³-hybridized carbons (Fsp3) is 0.280. The molecule has 0 aliphatic carbocycles. The molecule has 1 amide bonds. The Bertz CT molecular complexity index is 911. The lowest BCUT2D eigenvalue weighted by Gasteiger charge is -2.19. The molecule has 150 valence electrons. The van der Waals surface area contributed by atoms with Crippen LogP contribution in [0, 0.1) is 0 Å². The minimum absolute atomic E-state index is 0.0152. The Hall–Kier alpha value is -3.14. The van der Waals surface area contributed by atoms with E-state index in [1.54, 1.807) is 12.4 Å². The highest BCUT2D eigenvalue weighted by Gasteiger charge is 2.12. The monoisotopic (exact) mass is 387 g/mol. The highest BCUT2D eigenvalue weighted by atomic mass is 16.1. The van der Waals surface area contributed by atoms with Crippen molar-refractivity contribution < 1.29 is 4.79 Å². The first-order chi connectivity index (χ1) is 13.9. The van der Waals surface area contributed by atoms with Crippen molar-refractivity contribution in [2.45, 2.75) is 45.7 Å². The first kappa shape index (κ1) is 20.6. The second kappa shape index (κ2) is 9.37. The van der Waals surface area contributed by atoms with Crippen molar-refractivity contribution in [3.05, 3.63) is 95.3 Å². The molecule has 0 radical (unpaired) electrons. The Morgan fingerprint density at radius 1 is 0.793 bits per heavy atom. The number of nitrogens with zero attached hydrogens (tertiary/aromatic N) is 1. The molecular weight excluding hydrogens is 358 g/mol. The van der Waals surface area contributed by atoms with E-state index in [4.69, 9.17) is 0 Å². The van der Waals surface area contributed by atoms with Crippen LogP contribution in [0.5, 0.6) is 0 Å². The van der Waals surface area contributed by atoms with E-state index in [1.807, 2.05) is 36.4 Å². The maximum atomic E-state index is 12.1. The zero-order chi connectivity index (χ0) is 20.7. The van der Waals surface area contributed by atoms with E-state index in [0.29, 0.717) is 13.0 Å². The van der Waals surface area contributed by atoms with Crippen LogP contribution in [0.4, 0.5) is 5.69 Å². The number of anilines is 1. The van der Waals surface area contributed by atoms with Crippen molar-refractivity contribution >= 4 is 11.6 Å². The Morgan fingerprint density at radius 3 is 2.00 bits per heavy atom. The summed E-state index contributed by atoms with van der Waals surface area (Å²) < 4.78 is 0. The average molecular weight is 388 g/mol. The number of pyridine rings is 1. The van der Waals surface area contributed by atoms with Crippen LogP contribution >= 0.6 is 0 Å². The molecule has 0 aliphatic rings. The quantitative estimate of drug-likeness (QED) is 0.609. The second-order valence-electron chi connectivity index (χ2n) is 8.31. The van der Waals surface area contributed by atoms with Gasteiger partial charge in [-0.05, 0) is 51.9 Å². The molecule has 0 atom stereocenters. The molecule has 1 heterocycles. The molecule has 0 saturated carbocycles. The van der Waals surface area contributed by atoms with Crippen molar-refractivity contribution in [2.24, 2.45) is 0 Å². The second-order valence-corrected chi connectivity index (χ2v) is 8.31. The molecule has 0 saturated heterocycles. The lowest BCUT2D eigenvalue weighted by atomic mass is 9.87. The Labute approximate surface area is 173 Å². The molecule has 0 unspecified atom stereocenters. The number of hydrogen-bond acceptors (Lipinski definition) is 3. The largest absolute Gasteiger partial charge is 0.381 e. The summed E-state index contributed by atoms with van der Waals surface area (Å²) >= 11 is 0. The summed E-state index contributed by atoms with van der Waals surface area (Å²) in [5.41, 5.74) is 5.85. The van der Waals surface area contributed by atoms with Gasteiger partial charge in [-0.1, -0.05) is 57.2 Å². The predicted octanol–water partition coefficient (Wildman–Crippen LogP) is 4.85. The topological polar surface area (TPSA) is 54.0 Å². The Morgan fingerprint density at radius 2 is 1.38 bits per heavy atom. The first-order valence-electron chi connectivity index (χ1n) is 9.98. The number of carbonyl (C=O) groups is 1. The van der Waals surface area contributed by atoms with Crippen molar-refractivity contribution in [2.75, 3.05) is 5.32 Å². The van der Waals surface area contributed by atoms with Gasteiger partial charge in [0, 0.05) is 31.2 Å². The average Bonchev–Trinajstić information content (AvgIpc) is 2.72. The van der Waals surface area contributed by atoms with Crippen LogP contribution in [0.1, 0.15) is 43.0 Å².